The van der Waals surface area contributed by atoms with Gasteiger partial charge in [-0.3, -0.25) is 4.90 Å². The van der Waals surface area contributed by atoms with E-state index in [1.165, 1.54) is 18.4 Å². The summed E-state index contributed by atoms with van der Waals surface area (Å²) in [7, 11) is 1.64. The van der Waals surface area contributed by atoms with Gasteiger partial charge in [0.25, 0.3) is 0 Å². The fourth-order valence-corrected chi connectivity index (χ4v) is 3.28. The Morgan fingerprint density at radius 1 is 1.12 bits per heavy atom. The van der Waals surface area contributed by atoms with Crippen LogP contribution in [-0.2, 0) is 6.54 Å². The van der Waals surface area contributed by atoms with Gasteiger partial charge in [0.2, 0.25) is 5.88 Å². The van der Waals surface area contributed by atoms with E-state index in [1.54, 1.807) is 7.11 Å². The molecule has 0 unspecified atom stereocenters. The van der Waals surface area contributed by atoms with Gasteiger partial charge >= 0.3 is 0 Å². The van der Waals surface area contributed by atoms with Gasteiger partial charge in [-0.05, 0) is 25.3 Å². The Morgan fingerprint density at radius 2 is 1.92 bits per heavy atom. The molecule has 0 N–H and O–H groups in total. The largest absolute Gasteiger partial charge is 0.481 e. The van der Waals surface area contributed by atoms with E-state index in [0.29, 0.717) is 11.8 Å². The minimum Gasteiger partial charge on any atom is -0.481 e. The number of aromatic nitrogens is 3. The average Bonchev–Trinajstić information content (AvgIpc) is 3.48. The molecule has 4 rings (SSSR count). The van der Waals surface area contributed by atoms with Crippen molar-refractivity contribution in [1.82, 2.24) is 19.9 Å². The molecule has 0 atom stereocenters. The lowest BCUT2D eigenvalue weighted by Crippen LogP contribution is -2.46. The van der Waals surface area contributed by atoms with Gasteiger partial charge in [-0.1, -0.05) is 6.07 Å². The number of nitrogens with zero attached hydrogens (tertiary/aromatic N) is 5. The first kappa shape index (κ1) is 16.3. The van der Waals surface area contributed by atoms with Gasteiger partial charge in [0.1, 0.15) is 11.6 Å². The number of piperazine rings is 1. The molecule has 0 spiro atoms. The van der Waals surface area contributed by atoms with Crippen LogP contribution < -0.4 is 9.64 Å². The Bertz CT molecular complexity index is 721. The lowest BCUT2D eigenvalue weighted by molar-refractivity contribution is 0.249. The molecule has 0 aromatic carbocycles. The monoisotopic (exact) mass is 339 g/mol. The third kappa shape index (κ3) is 3.90. The summed E-state index contributed by atoms with van der Waals surface area (Å²) < 4.78 is 5.12. The number of aryl methyl sites for hydroxylation is 1. The molecule has 2 aromatic rings. The topological polar surface area (TPSA) is 54.4 Å². The van der Waals surface area contributed by atoms with E-state index in [9.17, 15) is 0 Å². The molecule has 1 saturated heterocycles. The molecule has 2 aromatic heterocycles. The van der Waals surface area contributed by atoms with Crippen LogP contribution in [0.1, 0.15) is 35.8 Å². The summed E-state index contributed by atoms with van der Waals surface area (Å²) in [5.74, 6) is 3.41. The number of hydrogen-bond donors (Lipinski definition) is 0. The van der Waals surface area contributed by atoms with E-state index in [1.807, 2.05) is 12.3 Å². The van der Waals surface area contributed by atoms with Crippen LogP contribution in [0, 0.1) is 6.92 Å². The number of methoxy groups -OCH3 is 1. The van der Waals surface area contributed by atoms with Crippen LogP contribution >= 0.6 is 0 Å². The van der Waals surface area contributed by atoms with Crippen LogP contribution in [0.2, 0.25) is 0 Å². The normalized spacial score (nSPS) is 18.4. The molecule has 0 bridgehead atoms. The summed E-state index contributed by atoms with van der Waals surface area (Å²) in [4.78, 5) is 18.6. The van der Waals surface area contributed by atoms with Crippen molar-refractivity contribution in [1.29, 1.82) is 0 Å². The Balaban J connectivity index is 1.36. The van der Waals surface area contributed by atoms with Gasteiger partial charge in [0.05, 0.1) is 7.11 Å². The molecule has 1 aliphatic carbocycles. The van der Waals surface area contributed by atoms with E-state index in [2.05, 4.69) is 38.8 Å². The van der Waals surface area contributed by atoms with Crippen LogP contribution in [0.5, 0.6) is 5.88 Å². The zero-order valence-corrected chi connectivity index (χ0v) is 15.0. The number of anilines is 1. The van der Waals surface area contributed by atoms with Crippen molar-refractivity contribution in [2.75, 3.05) is 38.2 Å². The van der Waals surface area contributed by atoms with Crippen LogP contribution in [-0.4, -0.2) is 53.1 Å². The lowest BCUT2D eigenvalue weighted by Gasteiger charge is -2.35. The highest BCUT2D eigenvalue weighted by molar-refractivity contribution is 5.41. The van der Waals surface area contributed by atoms with Gasteiger partial charge < -0.3 is 9.64 Å². The van der Waals surface area contributed by atoms with E-state index < -0.39 is 0 Å². The van der Waals surface area contributed by atoms with Gasteiger partial charge in [-0.15, -0.1) is 0 Å². The second-order valence-corrected chi connectivity index (χ2v) is 6.97. The molecule has 1 aliphatic heterocycles. The van der Waals surface area contributed by atoms with Crippen LogP contribution in [0.4, 0.5) is 5.82 Å². The van der Waals surface area contributed by atoms with E-state index >= 15 is 0 Å². The third-order valence-electron chi connectivity index (χ3n) is 4.91. The Labute approximate surface area is 148 Å². The SMILES string of the molecule is COc1ccc(CN2CCN(c3cc(C)nc(C4CC4)n3)CC2)cn1. The molecular formula is C19H25N5O. The summed E-state index contributed by atoms with van der Waals surface area (Å²) in [6, 6.07) is 6.14. The molecular weight excluding hydrogens is 314 g/mol. The second-order valence-electron chi connectivity index (χ2n) is 6.97. The Hall–Kier alpha value is -2.21. The number of rotatable bonds is 5. The van der Waals surface area contributed by atoms with Crippen molar-refractivity contribution in [3.8, 4) is 5.88 Å². The molecule has 6 nitrogen and oxygen atoms in total. The Kier molecular flexibility index (Phi) is 4.53. The predicted octanol–water partition coefficient (Wildman–Crippen LogP) is 2.39. The number of pyridine rings is 1. The van der Waals surface area contributed by atoms with Crippen molar-refractivity contribution in [3.05, 3.63) is 41.5 Å². The lowest BCUT2D eigenvalue weighted by atomic mass is 10.2. The number of ether oxygens (including phenoxy) is 1. The fraction of sp³-hybridized carbons (Fsp3) is 0.526. The second kappa shape index (κ2) is 6.96. The summed E-state index contributed by atoms with van der Waals surface area (Å²) in [6.45, 7) is 7.08. The zero-order chi connectivity index (χ0) is 17.2. The molecule has 0 amide bonds. The maximum atomic E-state index is 5.12. The maximum absolute atomic E-state index is 5.12. The molecule has 0 radical (unpaired) electrons. The van der Waals surface area contributed by atoms with E-state index in [4.69, 9.17) is 9.72 Å². The van der Waals surface area contributed by atoms with Gasteiger partial charge in [-0.25, -0.2) is 15.0 Å². The molecule has 2 fully saturated rings. The summed E-state index contributed by atoms with van der Waals surface area (Å²) in [5.41, 5.74) is 2.31. The van der Waals surface area contributed by atoms with Crippen molar-refractivity contribution in [3.63, 3.8) is 0 Å². The third-order valence-corrected chi connectivity index (χ3v) is 4.91. The van der Waals surface area contributed by atoms with E-state index in [-0.39, 0.29) is 0 Å². The van der Waals surface area contributed by atoms with Crippen molar-refractivity contribution in [2.24, 2.45) is 0 Å². The van der Waals surface area contributed by atoms with Gasteiger partial charge in [0.15, 0.2) is 0 Å². The summed E-state index contributed by atoms with van der Waals surface area (Å²) in [6.07, 6.45) is 4.39. The smallest absolute Gasteiger partial charge is 0.212 e. The molecule has 3 heterocycles. The van der Waals surface area contributed by atoms with E-state index in [0.717, 1.165) is 50.1 Å². The highest BCUT2D eigenvalue weighted by Gasteiger charge is 2.28. The standard InChI is InChI=1S/C19H25N5O/c1-14-11-17(22-19(21-14)16-4-5-16)24-9-7-23(8-10-24)13-15-3-6-18(25-2)20-12-15/h3,6,11-12,16H,4-5,7-10,13H2,1-2H3. The maximum Gasteiger partial charge on any atom is 0.212 e. The minimum atomic E-state index is 0.600. The minimum absolute atomic E-state index is 0.600. The first-order chi connectivity index (χ1) is 12.2. The highest BCUT2D eigenvalue weighted by Crippen LogP contribution is 2.38. The molecule has 25 heavy (non-hydrogen) atoms. The fourth-order valence-electron chi connectivity index (χ4n) is 3.28. The zero-order valence-electron chi connectivity index (χ0n) is 15.0. The first-order valence-corrected chi connectivity index (χ1v) is 9.03. The summed E-state index contributed by atoms with van der Waals surface area (Å²) in [5, 5.41) is 0. The van der Waals surface area contributed by atoms with Crippen LogP contribution in [0.15, 0.2) is 24.4 Å². The van der Waals surface area contributed by atoms with Crippen molar-refractivity contribution < 1.29 is 4.74 Å². The molecule has 132 valence electrons. The summed E-state index contributed by atoms with van der Waals surface area (Å²) >= 11 is 0. The van der Waals surface area contributed by atoms with Crippen molar-refractivity contribution in [2.45, 2.75) is 32.2 Å². The van der Waals surface area contributed by atoms with Crippen LogP contribution in [0.25, 0.3) is 0 Å². The Morgan fingerprint density at radius 3 is 2.56 bits per heavy atom. The van der Waals surface area contributed by atoms with Gasteiger partial charge in [-0.2, -0.15) is 0 Å². The van der Waals surface area contributed by atoms with Crippen LogP contribution in [0.3, 0.4) is 0 Å². The highest BCUT2D eigenvalue weighted by atomic mass is 16.5. The van der Waals surface area contributed by atoms with Crippen molar-refractivity contribution >= 4 is 5.82 Å². The molecule has 6 heteroatoms. The molecule has 2 aliphatic rings. The first-order valence-electron chi connectivity index (χ1n) is 9.03. The number of hydrogen-bond acceptors (Lipinski definition) is 6. The average molecular weight is 339 g/mol. The quantitative estimate of drug-likeness (QED) is 0.834. The van der Waals surface area contributed by atoms with Gasteiger partial charge in [0, 0.05) is 62.7 Å². The molecule has 1 saturated carbocycles. The predicted molar refractivity (Wildman–Crippen MR) is 97.0 cm³/mol.